The van der Waals surface area contributed by atoms with Crippen molar-refractivity contribution in [3.05, 3.63) is 22.5 Å². The third kappa shape index (κ3) is 5.61. The monoisotopic (exact) mass is 297 g/mol. The molecule has 0 radical (unpaired) electrons. The van der Waals surface area contributed by atoms with Gasteiger partial charge in [-0.3, -0.25) is 10.1 Å². The molecule has 1 aromatic rings. The fourth-order valence-corrected chi connectivity index (χ4v) is 1.31. The molecule has 116 valence electrons. The summed E-state index contributed by atoms with van der Waals surface area (Å²) >= 11 is 0. The van der Waals surface area contributed by atoms with E-state index in [1.165, 1.54) is 12.1 Å². The lowest BCUT2D eigenvalue weighted by Gasteiger charge is -2.25. The number of hydrogen-bond donors (Lipinski definition) is 3. The fourth-order valence-electron chi connectivity index (χ4n) is 1.31. The van der Waals surface area contributed by atoms with Gasteiger partial charge in [-0.1, -0.05) is 0 Å². The van der Waals surface area contributed by atoms with Gasteiger partial charge in [-0.2, -0.15) is 5.10 Å². The summed E-state index contributed by atoms with van der Waals surface area (Å²) in [6.45, 7) is 5.14. The van der Waals surface area contributed by atoms with Gasteiger partial charge in [-0.05, 0) is 26.8 Å². The number of amides is 3. The zero-order chi connectivity index (χ0) is 16.0. The number of anilines is 1. The zero-order valence-corrected chi connectivity index (χ0v) is 12.2. The Labute approximate surface area is 121 Å². The quantitative estimate of drug-likeness (QED) is 0.744. The van der Waals surface area contributed by atoms with Crippen molar-refractivity contribution in [2.24, 2.45) is 5.73 Å². The Morgan fingerprint density at radius 1 is 1.43 bits per heavy atom. The number of hydrogen-bond acceptors (Lipinski definition) is 6. The second-order valence-electron chi connectivity index (χ2n) is 5.16. The summed E-state index contributed by atoms with van der Waals surface area (Å²) in [4.78, 5) is 35.7. The number of imide groups is 1. The van der Waals surface area contributed by atoms with Crippen LogP contribution in [0.1, 0.15) is 20.8 Å². The molecule has 0 aliphatic carbocycles. The molecule has 21 heavy (non-hydrogen) atoms. The van der Waals surface area contributed by atoms with Crippen LogP contribution in [-0.4, -0.2) is 45.9 Å². The van der Waals surface area contributed by atoms with Crippen molar-refractivity contribution in [3.8, 4) is 0 Å². The molecule has 1 heterocycles. The number of urea groups is 1. The van der Waals surface area contributed by atoms with E-state index in [0.29, 0.717) is 0 Å². The lowest BCUT2D eigenvalue weighted by Crippen LogP contribution is -2.45. The minimum absolute atomic E-state index is 0.00982. The van der Waals surface area contributed by atoms with Crippen molar-refractivity contribution in [2.75, 3.05) is 18.4 Å². The molecule has 0 bridgehead atoms. The van der Waals surface area contributed by atoms with Crippen molar-refractivity contribution in [1.29, 1.82) is 0 Å². The van der Waals surface area contributed by atoms with E-state index in [0.717, 1.165) is 4.90 Å². The molecule has 0 saturated heterocycles. The van der Waals surface area contributed by atoms with Gasteiger partial charge in [0.25, 0.3) is 5.56 Å². The first-order chi connectivity index (χ1) is 9.73. The Morgan fingerprint density at radius 3 is 2.57 bits per heavy atom. The molecular weight excluding hydrogens is 278 g/mol. The Morgan fingerprint density at radius 2 is 2.10 bits per heavy atom. The third-order valence-electron chi connectivity index (χ3n) is 2.13. The molecule has 0 fully saturated rings. The molecule has 0 spiro atoms. The summed E-state index contributed by atoms with van der Waals surface area (Å²) in [6.07, 6.45) is -0.810. The van der Waals surface area contributed by atoms with Gasteiger partial charge in [0.05, 0.1) is 0 Å². The second-order valence-corrected chi connectivity index (χ2v) is 5.16. The number of nitrogens with zero attached hydrogens (tertiary/aromatic N) is 2. The molecule has 9 heteroatoms. The van der Waals surface area contributed by atoms with E-state index in [1.807, 2.05) is 0 Å². The minimum Gasteiger partial charge on any atom is -0.443 e. The van der Waals surface area contributed by atoms with Gasteiger partial charge in [-0.25, -0.2) is 19.6 Å². The molecular formula is C12H19N5O4. The van der Waals surface area contributed by atoms with Gasteiger partial charge in [0.1, 0.15) is 5.60 Å². The predicted octanol–water partition coefficient (Wildman–Crippen LogP) is 0.498. The molecule has 0 aliphatic rings. The molecule has 1 aromatic heterocycles. The highest BCUT2D eigenvalue weighted by Gasteiger charge is 2.26. The molecule has 9 nitrogen and oxygen atoms in total. The van der Waals surface area contributed by atoms with Crippen LogP contribution in [0.2, 0.25) is 0 Å². The van der Waals surface area contributed by atoms with Gasteiger partial charge < -0.3 is 10.5 Å². The molecule has 0 atom stereocenters. The first-order valence-electron chi connectivity index (χ1n) is 6.30. The van der Waals surface area contributed by atoms with Crippen LogP contribution in [-0.2, 0) is 4.74 Å². The van der Waals surface area contributed by atoms with Crippen molar-refractivity contribution in [1.82, 2.24) is 15.1 Å². The number of aromatic nitrogens is 2. The highest BCUT2D eigenvalue weighted by molar-refractivity contribution is 5.98. The van der Waals surface area contributed by atoms with E-state index in [-0.39, 0.29) is 18.9 Å². The summed E-state index contributed by atoms with van der Waals surface area (Å²) in [5, 5.41) is 8.15. The predicted molar refractivity (Wildman–Crippen MR) is 75.9 cm³/mol. The van der Waals surface area contributed by atoms with Gasteiger partial charge in [-0.15, -0.1) is 0 Å². The number of nitrogens with one attached hydrogen (secondary N) is 2. The molecule has 0 saturated carbocycles. The van der Waals surface area contributed by atoms with Crippen molar-refractivity contribution < 1.29 is 14.3 Å². The van der Waals surface area contributed by atoms with Gasteiger partial charge >= 0.3 is 12.1 Å². The van der Waals surface area contributed by atoms with Crippen LogP contribution in [0.15, 0.2) is 16.9 Å². The van der Waals surface area contributed by atoms with Crippen LogP contribution in [0.3, 0.4) is 0 Å². The molecule has 0 aromatic carbocycles. The number of nitrogens with two attached hydrogens (primary N) is 1. The zero-order valence-electron chi connectivity index (χ0n) is 12.2. The largest absolute Gasteiger partial charge is 0.443 e. The smallest absolute Gasteiger partial charge is 0.418 e. The van der Waals surface area contributed by atoms with E-state index in [2.05, 4.69) is 15.5 Å². The first kappa shape index (κ1) is 16.6. The number of H-pyrrole nitrogens is 1. The first-order valence-corrected chi connectivity index (χ1v) is 6.30. The molecule has 0 unspecified atom stereocenters. The Kier molecular flexibility index (Phi) is 5.42. The minimum atomic E-state index is -0.810. The number of rotatable bonds is 3. The highest BCUT2D eigenvalue weighted by Crippen LogP contribution is 2.10. The van der Waals surface area contributed by atoms with Crippen LogP contribution in [0.5, 0.6) is 0 Å². The maximum absolute atomic E-state index is 12.0. The average molecular weight is 297 g/mol. The maximum Gasteiger partial charge on any atom is 0.418 e. The van der Waals surface area contributed by atoms with Gasteiger partial charge in [0, 0.05) is 19.2 Å². The number of carbonyl (C=O) groups is 2. The topological polar surface area (TPSA) is 130 Å². The molecule has 4 N–H and O–H groups in total. The van der Waals surface area contributed by atoms with Crippen molar-refractivity contribution >= 4 is 17.9 Å². The SMILES string of the molecule is CC(C)(C)OC(=O)N(CCN)C(=O)Nc1ccc(=O)[nH]n1. The van der Waals surface area contributed by atoms with E-state index in [1.54, 1.807) is 20.8 Å². The maximum atomic E-state index is 12.0. The van der Waals surface area contributed by atoms with E-state index in [4.69, 9.17) is 10.5 Å². The fraction of sp³-hybridized carbons (Fsp3) is 0.500. The summed E-state index contributed by atoms with van der Waals surface area (Å²) in [5.41, 5.74) is 4.25. The molecule has 3 amide bonds. The summed E-state index contributed by atoms with van der Waals surface area (Å²) in [6, 6.07) is 1.77. The van der Waals surface area contributed by atoms with Crippen LogP contribution in [0.4, 0.5) is 15.4 Å². The highest BCUT2D eigenvalue weighted by atomic mass is 16.6. The number of ether oxygens (including phenoxy) is 1. The van der Waals surface area contributed by atoms with Crippen molar-refractivity contribution in [2.45, 2.75) is 26.4 Å². The lowest BCUT2D eigenvalue weighted by atomic mass is 10.2. The Hall–Kier alpha value is -2.42. The van der Waals surface area contributed by atoms with Crippen LogP contribution in [0, 0.1) is 0 Å². The van der Waals surface area contributed by atoms with E-state index < -0.39 is 23.3 Å². The second kappa shape index (κ2) is 6.84. The number of carbonyl (C=O) groups excluding carboxylic acids is 2. The normalized spacial score (nSPS) is 10.9. The molecule has 0 aliphatic heterocycles. The lowest BCUT2D eigenvalue weighted by molar-refractivity contribution is 0.0337. The van der Waals surface area contributed by atoms with Crippen LogP contribution in [0.25, 0.3) is 0 Å². The Balaban J connectivity index is 2.79. The van der Waals surface area contributed by atoms with E-state index >= 15 is 0 Å². The summed E-state index contributed by atoms with van der Waals surface area (Å²) < 4.78 is 5.12. The molecule has 1 rings (SSSR count). The van der Waals surface area contributed by atoms with Gasteiger partial charge in [0.2, 0.25) is 0 Å². The average Bonchev–Trinajstić information content (AvgIpc) is 2.36. The van der Waals surface area contributed by atoms with Crippen LogP contribution >= 0.6 is 0 Å². The standard InChI is InChI=1S/C12H19N5O4/c1-12(2,3)21-11(20)17(7-6-13)10(19)14-8-4-5-9(18)16-15-8/h4-5H,6-7,13H2,1-3H3,(H,16,18)(H,14,15,19). The van der Waals surface area contributed by atoms with Crippen molar-refractivity contribution in [3.63, 3.8) is 0 Å². The summed E-state index contributed by atoms with van der Waals surface area (Å²) in [7, 11) is 0. The summed E-state index contributed by atoms with van der Waals surface area (Å²) in [5.74, 6) is 0.102. The third-order valence-corrected chi connectivity index (χ3v) is 2.13. The van der Waals surface area contributed by atoms with Gasteiger partial charge in [0.15, 0.2) is 5.82 Å². The van der Waals surface area contributed by atoms with E-state index in [9.17, 15) is 14.4 Å². The number of aromatic amines is 1. The Bertz CT molecular complexity index is 543. The van der Waals surface area contributed by atoms with Crippen LogP contribution < -0.4 is 16.6 Å².